The predicted molar refractivity (Wildman–Crippen MR) is 60.1 cm³/mol. The van der Waals surface area contributed by atoms with Crippen molar-refractivity contribution in [3.8, 4) is 17.6 Å². The molecule has 0 saturated carbocycles. The van der Waals surface area contributed by atoms with Gasteiger partial charge in [-0.05, 0) is 25.3 Å². The van der Waals surface area contributed by atoms with E-state index in [2.05, 4.69) is 10.9 Å². The van der Waals surface area contributed by atoms with Crippen LogP contribution in [0.1, 0.15) is 17.7 Å². The number of hydrogen-bond acceptors (Lipinski definition) is 2. The highest BCUT2D eigenvalue weighted by atomic mass is 19.4. The molecule has 5 heteroatoms. The maximum atomic E-state index is 12.0. The van der Waals surface area contributed by atoms with Crippen molar-refractivity contribution in [2.45, 2.75) is 25.4 Å². The van der Waals surface area contributed by atoms with Crippen LogP contribution in [0.25, 0.3) is 0 Å². The Bertz CT molecular complexity index is 485. The maximum Gasteiger partial charge on any atom is 0.457 e. The number of aromatic nitrogens is 1. The zero-order valence-electron chi connectivity index (χ0n) is 9.84. The fourth-order valence-corrected chi connectivity index (χ4v) is 2.11. The van der Waals surface area contributed by atoms with Gasteiger partial charge in [0.15, 0.2) is 0 Å². The summed E-state index contributed by atoms with van der Waals surface area (Å²) in [5.74, 6) is 4.04. The fourth-order valence-electron chi connectivity index (χ4n) is 2.11. The molecular weight excluding hydrogens is 243 g/mol. The molecule has 18 heavy (non-hydrogen) atoms. The average molecular weight is 255 g/mol. The molecule has 0 amide bonds. The van der Waals surface area contributed by atoms with E-state index in [0.717, 1.165) is 11.3 Å². The van der Waals surface area contributed by atoms with Crippen LogP contribution in [0.2, 0.25) is 0 Å². The van der Waals surface area contributed by atoms with E-state index in [1.54, 1.807) is 19.4 Å². The number of nitrogens with zero attached hydrogens (tertiary/aromatic N) is 1. The highest BCUT2D eigenvalue weighted by Gasteiger charge is 2.25. The molecule has 0 N–H and O–H groups in total. The molecule has 96 valence electrons. The van der Waals surface area contributed by atoms with Gasteiger partial charge >= 0.3 is 6.18 Å². The van der Waals surface area contributed by atoms with Gasteiger partial charge in [0.1, 0.15) is 5.75 Å². The molecule has 1 aliphatic carbocycles. The van der Waals surface area contributed by atoms with Gasteiger partial charge in [0.05, 0.1) is 7.11 Å². The minimum atomic E-state index is -4.42. The highest BCUT2D eigenvalue weighted by Crippen LogP contribution is 2.30. The molecule has 0 aliphatic heterocycles. The van der Waals surface area contributed by atoms with Crippen molar-refractivity contribution in [2.24, 2.45) is 5.92 Å². The lowest BCUT2D eigenvalue weighted by molar-refractivity contribution is -0.0698. The molecule has 1 heterocycles. The van der Waals surface area contributed by atoms with Crippen molar-refractivity contribution in [1.29, 1.82) is 0 Å². The first-order valence-electron chi connectivity index (χ1n) is 5.60. The molecule has 1 aromatic heterocycles. The second-order valence-electron chi connectivity index (χ2n) is 4.15. The number of aryl methyl sites for hydroxylation is 1. The third-order valence-electron chi connectivity index (χ3n) is 2.92. The minimum absolute atomic E-state index is 0.280. The summed E-state index contributed by atoms with van der Waals surface area (Å²) in [6.07, 6.45) is -1.05. The lowest BCUT2D eigenvalue weighted by Gasteiger charge is -2.21. The topological polar surface area (TPSA) is 22.1 Å². The Morgan fingerprint density at radius 3 is 2.89 bits per heavy atom. The summed E-state index contributed by atoms with van der Waals surface area (Å²) in [7, 11) is 1.54. The highest BCUT2D eigenvalue weighted by molar-refractivity contribution is 5.38. The number of rotatable bonds is 1. The molecule has 0 bridgehead atoms. The molecule has 1 unspecified atom stereocenters. The monoisotopic (exact) mass is 255 g/mol. The molecule has 1 aliphatic rings. The van der Waals surface area contributed by atoms with Gasteiger partial charge in [-0.1, -0.05) is 5.92 Å². The van der Waals surface area contributed by atoms with Crippen molar-refractivity contribution in [2.75, 3.05) is 7.11 Å². The Labute approximate surface area is 103 Å². The first-order chi connectivity index (χ1) is 8.49. The second-order valence-corrected chi connectivity index (χ2v) is 4.15. The Kier molecular flexibility index (Phi) is 3.46. The summed E-state index contributed by atoms with van der Waals surface area (Å²) in [6, 6.07) is 1.72. The quantitative estimate of drug-likeness (QED) is 0.720. The van der Waals surface area contributed by atoms with Gasteiger partial charge in [0, 0.05) is 29.3 Å². The van der Waals surface area contributed by atoms with E-state index in [1.807, 2.05) is 0 Å². The molecule has 0 radical (unpaired) electrons. The summed E-state index contributed by atoms with van der Waals surface area (Å²) in [5.41, 5.74) is 1.78. The lowest BCUT2D eigenvalue weighted by Crippen LogP contribution is -2.16. The van der Waals surface area contributed by atoms with Crippen LogP contribution in [0.5, 0.6) is 5.75 Å². The Morgan fingerprint density at radius 1 is 1.44 bits per heavy atom. The van der Waals surface area contributed by atoms with Crippen LogP contribution >= 0.6 is 0 Å². The second kappa shape index (κ2) is 4.89. The van der Waals surface area contributed by atoms with Crippen molar-refractivity contribution in [1.82, 2.24) is 4.98 Å². The van der Waals surface area contributed by atoms with Crippen molar-refractivity contribution < 1.29 is 17.9 Å². The number of ether oxygens (including phenoxy) is 1. The van der Waals surface area contributed by atoms with Crippen LogP contribution in [-0.2, 0) is 12.8 Å². The van der Waals surface area contributed by atoms with E-state index in [1.165, 1.54) is 5.92 Å². The van der Waals surface area contributed by atoms with Gasteiger partial charge < -0.3 is 4.74 Å². The molecule has 2 rings (SSSR count). The van der Waals surface area contributed by atoms with Crippen LogP contribution in [-0.4, -0.2) is 18.3 Å². The molecule has 0 spiro atoms. The average Bonchev–Trinajstić information content (AvgIpc) is 2.34. The van der Waals surface area contributed by atoms with Gasteiger partial charge in [-0.15, -0.1) is 0 Å². The van der Waals surface area contributed by atoms with E-state index < -0.39 is 6.18 Å². The Morgan fingerprint density at radius 2 is 2.22 bits per heavy atom. The van der Waals surface area contributed by atoms with Crippen molar-refractivity contribution >= 4 is 0 Å². The van der Waals surface area contributed by atoms with Crippen molar-refractivity contribution in [3.63, 3.8) is 0 Å². The van der Waals surface area contributed by atoms with Gasteiger partial charge in [-0.3, -0.25) is 4.98 Å². The van der Waals surface area contributed by atoms with Gasteiger partial charge in [-0.2, -0.15) is 13.2 Å². The van der Waals surface area contributed by atoms with Gasteiger partial charge in [0.25, 0.3) is 0 Å². The van der Waals surface area contributed by atoms with E-state index in [0.29, 0.717) is 25.0 Å². The number of alkyl halides is 3. The van der Waals surface area contributed by atoms with E-state index in [4.69, 9.17) is 4.74 Å². The fraction of sp³-hybridized carbons (Fsp3) is 0.462. The molecule has 0 aromatic carbocycles. The number of methoxy groups -OCH3 is 1. The van der Waals surface area contributed by atoms with Crippen molar-refractivity contribution in [3.05, 3.63) is 23.5 Å². The first kappa shape index (κ1) is 12.7. The summed E-state index contributed by atoms with van der Waals surface area (Å²) in [4.78, 5) is 4.22. The Balaban J connectivity index is 2.21. The SMILES string of the molecule is COc1ccnc2c1CC(C#CC(F)(F)F)CC2. The summed E-state index contributed by atoms with van der Waals surface area (Å²) < 4.78 is 41.3. The summed E-state index contributed by atoms with van der Waals surface area (Å²) >= 11 is 0. The third-order valence-corrected chi connectivity index (χ3v) is 2.92. The smallest absolute Gasteiger partial charge is 0.457 e. The summed E-state index contributed by atoms with van der Waals surface area (Å²) in [5, 5.41) is 0. The van der Waals surface area contributed by atoms with Crippen LogP contribution in [0.3, 0.4) is 0 Å². The predicted octanol–water partition coefficient (Wildman–Crippen LogP) is 2.76. The van der Waals surface area contributed by atoms with E-state index in [-0.39, 0.29) is 5.92 Å². The number of halogens is 3. The van der Waals surface area contributed by atoms with Crippen LogP contribution in [0, 0.1) is 17.8 Å². The summed E-state index contributed by atoms with van der Waals surface area (Å²) in [6.45, 7) is 0. The minimum Gasteiger partial charge on any atom is -0.496 e. The molecule has 2 nitrogen and oxygen atoms in total. The molecule has 0 saturated heterocycles. The molecule has 1 aromatic rings. The zero-order chi connectivity index (χ0) is 13.2. The lowest BCUT2D eigenvalue weighted by atomic mass is 9.86. The number of hydrogen-bond donors (Lipinski definition) is 0. The zero-order valence-corrected chi connectivity index (χ0v) is 9.84. The Hall–Kier alpha value is -1.70. The first-order valence-corrected chi connectivity index (χ1v) is 5.60. The number of fused-ring (bicyclic) bond motifs is 1. The van der Waals surface area contributed by atoms with E-state index in [9.17, 15) is 13.2 Å². The van der Waals surface area contributed by atoms with Gasteiger partial charge in [-0.25, -0.2) is 0 Å². The van der Waals surface area contributed by atoms with E-state index >= 15 is 0 Å². The van der Waals surface area contributed by atoms with Gasteiger partial charge in [0.2, 0.25) is 0 Å². The van der Waals surface area contributed by atoms with Crippen LogP contribution < -0.4 is 4.74 Å². The standard InChI is InChI=1S/C13H12F3NO/c1-18-12-5-7-17-11-3-2-9(8-10(11)12)4-6-13(14,15)16/h5,7,9H,2-3,8H2,1H3. The molecule has 1 atom stereocenters. The normalized spacial score (nSPS) is 18.6. The third kappa shape index (κ3) is 2.95. The number of pyridine rings is 1. The largest absolute Gasteiger partial charge is 0.496 e. The molecule has 0 fully saturated rings. The molecular formula is C13H12F3NO. The van der Waals surface area contributed by atoms with Crippen LogP contribution in [0.15, 0.2) is 12.3 Å². The van der Waals surface area contributed by atoms with Crippen LogP contribution in [0.4, 0.5) is 13.2 Å². The maximum absolute atomic E-state index is 12.0.